The molecular formula is C19H17N3O3. The van der Waals surface area contributed by atoms with Crippen molar-refractivity contribution in [2.45, 2.75) is 20.4 Å². The molecule has 0 aliphatic heterocycles. The average Bonchev–Trinajstić information content (AvgIpc) is 2.87. The number of carbonyl (C=O) groups is 1. The minimum absolute atomic E-state index is 0.145. The molecule has 0 atom stereocenters. The number of nitro benzene ring substituents is 1. The summed E-state index contributed by atoms with van der Waals surface area (Å²) >= 11 is 0. The van der Waals surface area contributed by atoms with E-state index in [1.54, 1.807) is 25.1 Å². The Kier molecular flexibility index (Phi) is 5.30. The second kappa shape index (κ2) is 7.41. The number of rotatable bonds is 6. The van der Waals surface area contributed by atoms with E-state index >= 15 is 0 Å². The average molecular weight is 335 g/mol. The van der Waals surface area contributed by atoms with Crippen LogP contribution in [0.3, 0.4) is 0 Å². The number of Topliss-reactive ketones (excluding diaryl/α,β-unsaturated/α-hetero) is 1. The normalized spacial score (nSPS) is 11.0. The zero-order valence-electron chi connectivity index (χ0n) is 14.0. The molecule has 6 nitrogen and oxygen atoms in total. The van der Waals surface area contributed by atoms with Gasteiger partial charge in [-0.15, -0.1) is 6.58 Å². The second-order valence-corrected chi connectivity index (χ2v) is 5.50. The number of nitriles is 1. The topological polar surface area (TPSA) is 88.9 Å². The van der Waals surface area contributed by atoms with E-state index in [0.29, 0.717) is 12.1 Å². The highest BCUT2D eigenvalue weighted by Crippen LogP contribution is 2.24. The molecule has 0 N–H and O–H groups in total. The molecule has 0 aliphatic rings. The third-order valence-electron chi connectivity index (χ3n) is 3.93. The van der Waals surface area contributed by atoms with Crippen molar-refractivity contribution >= 4 is 17.5 Å². The summed E-state index contributed by atoms with van der Waals surface area (Å²) in [5.74, 6) is -0.455. The van der Waals surface area contributed by atoms with Gasteiger partial charge < -0.3 is 4.57 Å². The van der Waals surface area contributed by atoms with Crippen LogP contribution in [0, 0.1) is 35.3 Å². The van der Waals surface area contributed by atoms with Crippen LogP contribution in [0.2, 0.25) is 0 Å². The number of nitrogens with zero attached hydrogens (tertiary/aromatic N) is 3. The van der Waals surface area contributed by atoms with Crippen molar-refractivity contribution in [3.8, 4) is 6.07 Å². The predicted molar refractivity (Wildman–Crippen MR) is 95.1 cm³/mol. The molecule has 2 rings (SSSR count). The molecule has 0 spiro atoms. The van der Waals surface area contributed by atoms with Crippen LogP contribution >= 0.6 is 0 Å². The molecule has 0 aliphatic carbocycles. The number of benzene rings is 1. The van der Waals surface area contributed by atoms with Crippen molar-refractivity contribution in [1.29, 1.82) is 5.26 Å². The first-order valence-corrected chi connectivity index (χ1v) is 7.58. The van der Waals surface area contributed by atoms with E-state index in [2.05, 4.69) is 6.58 Å². The van der Waals surface area contributed by atoms with Gasteiger partial charge in [0.2, 0.25) is 5.78 Å². The zero-order chi connectivity index (χ0) is 18.6. The number of hydrogen-bond acceptors (Lipinski definition) is 4. The molecule has 1 aromatic carbocycles. The van der Waals surface area contributed by atoms with Crippen LogP contribution in [0.25, 0.3) is 6.08 Å². The number of carbonyl (C=O) groups excluding carboxylic acids is 1. The Bertz CT molecular complexity index is 930. The van der Waals surface area contributed by atoms with Gasteiger partial charge in [0.15, 0.2) is 0 Å². The molecule has 0 unspecified atom stereocenters. The van der Waals surface area contributed by atoms with E-state index in [1.165, 1.54) is 24.3 Å². The molecule has 0 amide bonds. The summed E-state index contributed by atoms with van der Waals surface area (Å²) in [6.45, 7) is 7.91. The molecule has 126 valence electrons. The third kappa shape index (κ3) is 3.56. The Balaban J connectivity index is 2.51. The number of aryl methyl sites for hydroxylation is 1. The molecule has 0 fully saturated rings. The van der Waals surface area contributed by atoms with Crippen molar-refractivity contribution in [3.63, 3.8) is 0 Å². The van der Waals surface area contributed by atoms with Crippen molar-refractivity contribution in [2.75, 3.05) is 0 Å². The van der Waals surface area contributed by atoms with Gasteiger partial charge in [-0.3, -0.25) is 14.9 Å². The van der Waals surface area contributed by atoms with Crippen molar-refractivity contribution < 1.29 is 9.72 Å². The molecule has 0 bridgehead atoms. The molecule has 1 aromatic heterocycles. The first kappa shape index (κ1) is 17.9. The summed E-state index contributed by atoms with van der Waals surface area (Å²) < 4.78 is 1.92. The van der Waals surface area contributed by atoms with Gasteiger partial charge in [0.05, 0.1) is 10.5 Å². The third-order valence-corrected chi connectivity index (χ3v) is 3.93. The summed E-state index contributed by atoms with van der Waals surface area (Å²) in [5.41, 5.74) is 1.94. The van der Waals surface area contributed by atoms with Gasteiger partial charge in [-0.2, -0.15) is 5.26 Å². The number of aromatic nitrogens is 1. The Morgan fingerprint density at radius 1 is 1.40 bits per heavy atom. The molecule has 25 heavy (non-hydrogen) atoms. The van der Waals surface area contributed by atoms with E-state index in [9.17, 15) is 20.2 Å². The van der Waals surface area contributed by atoms with Crippen molar-refractivity contribution in [3.05, 3.63) is 81.2 Å². The molecular weight excluding hydrogens is 318 g/mol. The van der Waals surface area contributed by atoms with Crippen LogP contribution in [0.15, 0.2) is 48.6 Å². The molecule has 0 radical (unpaired) electrons. The van der Waals surface area contributed by atoms with Gasteiger partial charge in [-0.25, -0.2) is 0 Å². The summed E-state index contributed by atoms with van der Waals surface area (Å²) in [5, 5.41) is 20.5. The summed E-state index contributed by atoms with van der Waals surface area (Å²) in [6.07, 6.45) is 2.99. The van der Waals surface area contributed by atoms with Crippen molar-refractivity contribution in [1.82, 2.24) is 4.57 Å². The SMILES string of the molecule is C=CCn1c(C)cc(C(=O)/C(C#N)=C/c2ccccc2[N+](=O)[O-])c1C. The van der Waals surface area contributed by atoms with Crippen LogP contribution in [-0.4, -0.2) is 15.3 Å². The van der Waals surface area contributed by atoms with Crippen molar-refractivity contribution in [2.24, 2.45) is 0 Å². The van der Waals surface area contributed by atoms with Gasteiger partial charge in [0.25, 0.3) is 5.69 Å². The molecule has 0 saturated carbocycles. The fourth-order valence-electron chi connectivity index (χ4n) is 2.67. The van der Waals surface area contributed by atoms with Gasteiger partial charge in [-0.1, -0.05) is 18.2 Å². The maximum Gasteiger partial charge on any atom is 0.276 e. The minimum atomic E-state index is -0.540. The summed E-state index contributed by atoms with van der Waals surface area (Å²) in [7, 11) is 0. The maximum atomic E-state index is 12.8. The quantitative estimate of drug-likeness (QED) is 0.199. The van der Waals surface area contributed by atoms with E-state index in [0.717, 1.165) is 11.4 Å². The van der Waals surface area contributed by atoms with Gasteiger partial charge in [0.1, 0.15) is 11.6 Å². The highest BCUT2D eigenvalue weighted by molar-refractivity contribution is 6.15. The number of ketones is 1. The molecule has 2 aromatic rings. The largest absolute Gasteiger partial charge is 0.345 e. The van der Waals surface area contributed by atoms with Crippen LogP contribution < -0.4 is 0 Å². The van der Waals surface area contributed by atoms with Crippen LogP contribution in [0.5, 0.6) is 0 Å². The smallest absolute Gasteiger partial charge is 0.276 e. The van der Waals surface area contributed by atoms with E-state index < -0.39 is 10.7 Å². The molecule has 1 heterocycles. The lowest BCUT2D eigenvalue weighted by molar-refractivity contribution is -0.385. The Morgan fingerprint density at radius 2 is 2.08 bits per heavy atom. The van der Waals surface area contributed by atoms with E-state index in [1.807, 2.05) is 17.6 Å². The van der Waals surface area contributed by atoms with Crippen LogP contribution in [0.1, 0.15) is 27.3 Å². The standard InChI is InChI=1S/C19H17N3O3/c1-4-9-21-13(2)10-17(14(21)3)19(23)16(12-20)11-15-7-5-6-8-18(15)22(24)25/h4-8,10-11H,1,9H2,2-3H3/b16-11+. The molecule has 0 saturated heterocycles. The number of hydrogen-bond donors (Lipinski definition) is 0. The van der Waals surface area contributed by atoms with Crippen LogP contribution in [-0.2, 0) is 6.54 Å². The van der Waals surface area contributed by atoms with E-state index in [-0.39, 0.29) is 16.8 Å². The van der Waals surface area contributed by atoms with Gasteiger partial charge >= 0.3 is 0 Å². The summed E-state index contributed by atoms with van der Waals surface area (Å²) in [6, 6.07) is 9.57. The Morgan fingerprint density at radius 3 is 2.68 bits per heavy atom. The monoisotopic (exact) mass is 335 g/mol. The number of para-hydroxylation sites is 1. The Hall–Kier alpha value is -3.46. The number of allylic oxidation sites excluding steroid dienone is 2. The first-order chi connectivity index (χ1) is 11.9. The minimum Gasteiger partial charge on any atom is -0.345 e. The summed E-state index contributed by atoms with van der Waals surface area (Å²) in [4.78, 5) is 23.3. The fourth-order valence-corrected chi connectivity index (χ4v) is 2.67. The van der Waals surface area contributed by atoms with Crippen LogP contribution in [0.4, 0.5) is 5.69 Å². The Labute approximate surface area is 145 Å². The maximum absolute atomic E-state index is 12.8. The predicted octanol–water partition coefficient (Wildman–Crippen LogP) is 3.99. The fraction of sp³-hybridized carbons (Fsp3) is 0.158. The lowest BCUT2D eigenvalue weighted by atomic mass is 10.0. The zero-order valence-corrected chi connectivity index (χ0v) is 14.0. The van der Waals surface area contributed by atoms with Gasteiger partial charge in [0, 0.05) is 29.6 Å². The van der Waals surface area contributed by atoms with Gasteiger partial charge in [-0.05, 0) is 32.1 Å². The molecule has 6 heteroatoms. The first-order valence-electron chi connectivity index (χ1n) is 7.58. The van der Waals surface area contributed by atoms with E-state index in [4.69, 9.17) is 0 Å². The second-order valence-electron chi connectivity index (χ2n) is 5.50. The highest BCUT2D eigenvalue weighted by Gasteiger charge is 2.20. The lowest BCUT2D eigenvalue weighted by Crippen LogP contribution is -2.06. The number of nitro groups is 1. The highest BCUT2D eigenvalue weighted by atomic mass is 16.6. The lowest BCUT2D eigenvalue weighted by Gasteiger charge is -2.06.